The smallest absolute Gasteiger partial charge is 0.345 e. The summed E-state index contributed by atoms with van der Waals surface area (Å²) < 4.78 is 69.5. The van der Waals surface area contributed by atoms with Crippen LogP contribution in [0, 0.1) is 11.6 Å². The van der Waals surface area contributed by atoms with E-state index < -0.39 is 41.3 Å². The zero-order valence-corrected chi connectivity index (χ0v) is 21.4. The maximum Gasteiger partial charge on any atom is 0.416 e. The molecule has 2 N–H and O–H groups in total. The van der Waals surface area contributed by atoms with Gasteiger partial charge in [-0.3, -0.25) is 9.59 Å². The van der Waals surface area contributed by atoms with Gasteiger partial charge < -0.3 is 19.8 Å². The molecule has 0 aliphatic carbocycles. The van der Waals surface area contributed by atoms with E-state index in [-0.39, 0.29) is 5.56 Å². The maximum atomic E-state index is 13.7. The molecular formula is C30H21F5N4O2. The molecular weight excluding hydrogens is 543 g/mol. The second-order valence-corrected chi connectivity index (χ2v) is 9.84. The third-order valence-electron chi connectivity index (χ3n) is 7.15. The van der Waals surface area contributed by atoms with Crippen LogP contribution in [0.25, 0.3) is 22.0 Å². The Labute approximate surface area is 229 Å². The lowest BCUT2D eigenvalue weighted by Gasteiger charge is -2.26. The number of H-pyrrole nitrogens is 1. The molecule has 0 saturated heterocycles. The number of fused-ring (bicyclic) bond motifs is 2. The molecule has 41 heavy (non-hydrogen) atoms. The number of hydrogen-bond donors (Lipinski definition) is 2. The zero-order chi connectivity index (χ0) is 29.1. The quantitative estimate of drug-likeness (QED) is 0.240. The minimum Gasteiger partial charge on any atom is -0.345 e. The Hall–Kier alpha value is -4.93. The van der Waals surface area contributed by atoms with Gasteiger partial charge in [0, 0.05) is 53.0 Å². The maximum absolute atomic E-state index is 13.7. The van der Waals surface area contributed by atoms with Crippen molar-refractivity contribution in [3.8, 4) is 11.1 Å². The molecule has 1 amide bonds. The number of nitrogens with zero attached hydrogens (tertiary/aromatic N) is 2. The number of aromatic amines is 1. The summed E-state index contributed by atoms with van der Waals surface area (Å²) >= 11 is 0. The molecule has 2 aromatic heterocycles. The summed E-state index contributed by atoms with van der Waals surface area (Å²) in [7, 11) is 1.74. The fraction of sp³-hybridized carbons (Fsp3) is 0.133. The van der Waals surface area contributed by atoms with Crippen LogP contribution in [0.3, 0.4) is 0 Å². The second kappa shape index (κ2) is 9.61. The molecule has 0 bridgehead atoms. The van der Waals surface area contributed by atoms with E-state index in [1.807, 2.05) is 4.90 Å². The van der Waals surface area contributed by atoms with Crippen molar-refractivity contribution in [1.29, 1.82) is 0 Å². The Kier molecular flexibility index (Phi) is 6.17. The van der Waals surface area contributed by atoms with E-state index in [0.29, 0.717) is 63.8 Å². The number of aryl methyl sites for hydroxylation is 1. The van der Waals surface area contributed by atoms with Gasteiger partial charge in [0.1, 0.15) is 17.2 Å². The predicted octanol–water partition coefficient (Wildman–Crippen LogP) is 6.66. The Balaban J connectivity index is 1.43. The largest absolute Gasteiger partial charge is 0.416 e. The summed E-state index contributed by atoms with van der Waals surface area (Å²) in [6.07, 6.45) is -2.01. The number of carbonyl (C=O) groups excluding carboxylic acids is 1. The monoisotopic (exact) mass is 564 g/mol. The Bertz CT molecular complexity index is 1890. The van der Waals surface area contributed by atoms with Crippen LogP contribution in [0.2, 0.25) is 0 Å². The normalized spacial score (nSPS) is 12.8. The number of carbonyl (C=O) groups is 1. The number of nitrogens with one attached hydrogen (secondary N) is 2. The third-order valence-corrected chi connectivity index (χ3v) is 7.15. The number of alkyl halides is 3. The summed E-state index contributed by atoms with van der Waals surface area (Å²) in [5.74, 6) is -2.04. The fourth-order valence-corrected chi connectivity index (χ4v) is 5.38. The van der Waals surface area contributed by atoms with E-state index in [1.165, 1.54) is 12.1 Å². The topological polar surface area (TPSA) is 70.1 Å². The summed E-state index contributed by atoms with van der Waals surface area (Å²) in [6, 6.07) is 13.0. The molecule has 208 valence electrons. The number of amides is 1. The summed E-state index contributed by atoms with van der Waals surface area (Å²) in [5.41, 5.74) is 2.45. The van der Waals surface area contributed by atoms with Crippen LogP contribution >= 0.6 is 0 Å². The number of rotatable bonds is 4. The summed E-state index contributed by atoms with van der Waals surface area (Å²) in [4.78, 5) is 30.3. The van der Waals surface area contributed by atoms with Gasteiger partial charge in [0.05, 0.1) is 18.5 Å². The molecule has 1 aliphatic heterocycles. The Morgan fingerprint density at radius 3 is 2.44 bits per heavy atom. The minimum absolute atomic E-state index is 0.283. The first-order valence-electron chi connectivity index (χ1n) is 12.5. The van der Waals surface area contributed by atoms with Gasteiger partial charge in [-0.2, -0.15) is 13.2 Å². The molecule has 1 aliphatic rings. The molecule has 0 saturated carbocycles. The molecule has 6 rings (SSSR count). The molecule has 11 heteroatoms. The van der Waals surface area contributed by atoms with Crippen LogP contribution in [0.5, 0.6) is 0 Å². The fourth-order valence-electron chi connectivity index (χ4n) is 5.38. The molecule has 5 aromatic rings. The highest BCUT2D eigenvalue weighted by atomic mass is 19.4. The van der Waals surface area contributed by atoms with E-state index >= 15 is 0 Å². The van der Waals surface area contributed by atoms with Gasteiger partial charge in [0.25, 0.3) is 5.56 Å². The molecule has 0 radical (unpaired) electrons. The van der Waals surface area contributed by atoms with E-state index in [0.717, 1.165) is 5.56 Å². The average molecular weight is 565 g/mol. The first-order valence-corrected chi connectivity index (χ1v) is 12.5. The first-order chi connectivity index (χ1) is 19.5. The van der Waals surface area contributed by atoms with Crippen molar-refractivity contribution < 1.29 is 26.7 Å². The van der Waals surface area contributed by atoms with Crippen molar-refractivity contribution in [2.45, 2.75) is 19.1 Å². The lowest BCUT2D eigenvalue weighted by atomic mass is 10.0. The SMILES string of the molecule is Cn1cc2c3c(c[nH]c(=O)c31)CN(c1ccc(F)cc1)c1ccc(NC(=O)Cc3cc(F)ccc3C(F)(F)F)cc1-2. The number of benzene rings is 3. The van der Waals surface area contributed by atoms with Gasteiger partial charge in [-0.05, 0) is 71.8 Å². The minimum atomic E-state index is -4.75. The number of hydrogen-bond acceptors (Lipinski definition) is 3. The summed E-state index contributed by atoms with van der Waals surface area (Å²) in [5, 5.41) is 3.33. The Morgan fingerprint density at radius 2 is 1.71 bits per heavy atom. The van der Waals surface area contributed by atoms with Gasteiger partial charge in [-0.15, -0.1) is 0 Å². The van der Waals surface area contributed by atoms with Crippen LogP contribution in [0.4, 0.5) is 39.0 Å². The second-order valence-electron chi connectivity index (χ2n) is 9.84. The van der Waals surface area contributed by atoms with Crippen molar-refractivity contribution >= 4 is 33.9 Å². The molecule has 0 fully saturated rings. The summed E-state index contributed by atoms with van der Waals surface area (Å²) in [6.45, 7) is 0.342. The van der Waals surface area contributed by atoms with Gasteiger partial charge >= 0.3 is 6.18 Å². The van der Waals surface area contributed by atoms with E-state index in [1.54, 1.807) is 54.3 Å². The van der Waals surface area contributed by atoms with Gasteiger partial charge in [-0.25, -0.2) is 8.78 Å². The lowest BCUT2D eigenvalue weighted by Crippen LogP contribution is -2.19. The zero-order valence-electron chi connectivity index (χ0n) is 21.4. The van der Waals surface area contributed by atoms with Crippen molar-refractivity contribution in [3.63, 3.8) is 0 Å². The molecule has 0 spiro atoms. The molecule has 6 nitrogen and oxygen atoms in total. The van der Waals surface area contributed by atoms with Crippen LogP contribution in [-0.2, 0) is 31.0 Å². The van der Waals surface area contributed by atoms with Gasteiger partial charge in [0.2, 0.25) is 5.91 Å². The van der Waals surface area contributed by atoms with Crippen molar-refractivity contribution in [1.82, 2.24) is 9.55 Å². The molecule has 3 heterocycles. The van der Waals surface area contributed by atoms with E-state index in [2.05, 4.69) is 10.3 Å². The van der Waals surface area contributed by atoms with Crippen LogP contribution < -0.4 is 15.8 Å². The van der Waals surface area contributed by atoms with E-state index in [9.17, 15) is 31.5 Å². The number of halogens is 5. The van der Waals surface area contributed by atoms with Crippen molar-refractivity contribution in [3.05, 3.63) is 112 Å². The van der Waals surface area contributed by atoms with E-state index in [4.69, 9.17) is 0 Å². The van der Waals surface area contributed by atoms with Crippen molar-refractivity contribution in [2.24, 2.45) is 7.05 Å². The third kappa shape index (κ3) is 4.73. The highest BCUT2D eigenvalue weighted by molar-refractivity contribution is 6.04. The predicted molar refractivity (Wildman–Crippen MR) is 145 cm³/mol. The van der Waals surface area contributed by atoms with Crippen LogP contribution in [0.15, 0.2) is 77.9 Å². The van der Waals surface area contributed by atoms with Crippen LogP contribution in [-0.4, -0.2) is 15.5 Å². The standard InChI is InChI=1S/C30H21F5N4O2/c1-38-15-23-22-12-20(37-26(40)11-16-10-19(32)4-8-24(16)30(33,34)35)5-9-25(22)39(21-6-2-18(31)3-7-21)14-17-13-36-29(41)28(38)27(17)23/h2-10,12-13,15H,11,14H2,1H3,(H,36,41)(H,37,40). The van der Waals surface area contributed by atoms with Crippen LogP contribution in [0.1, 0.15) is 16.7 Å². The Morgan fingerprint density at radius 1 is 0.976 bits per heavy atom. The molecule has 0 atom stereocenters. The number of pyridine rings is 1. The molecule has 0 unspecified atom stereocenters. The first kappa shape index (κ1) is 26.3. The number of aromatic nitrogens is 2. The highest BCUT2D eigenvalue weighted by Gasteiger charge is 2.34. The average Bonchev–Trinajstić information content (AvgIpc) is 3.20. The van der Waals surface area contributed by atoms with Gasteiger partial charge in [-0.1, -0.05) is 0 Å². The highest BCUT2D eigenvalue weighted by Crippen LogP contribution is 2.45. The van der Waals surface area contributed by atoms with Gasteiger partial charge in [0.15, 0.2) is 0 Å². The number of anilines is 3. The lowest BCUT2D eigenvalue weighted by molar-refractivity contribution is -0.138. The molecule has 3 aromatic carbocycles. The van der Waals surface area contributed by atoms with Crippen molar-refractivity contribution in [2.75, 3.05) is 10.2 Å².